The highest BCUT2D eigenvalue weighted by Crippen LogP contribution is 2.16. The Kier molecular flexibility index (Phi) is 7.10. The predicted molar refractivity (Wildman–Crippen MR) is 85.9 cm³/mol. The number of halogens is 3. The number of hydrogen-bond donors (Lipinski definition) is 2. The minimum Gasteiger partial charge on any atom is -0.475 e. The summed E-state index contributed by atoms with van der Waals surface area (Å²) in [5, 5.41) is 18.5. The Hall–Kier alpha value is -2.42. The molecule has 0 amide bonds. The Balaban J connectivity index is 0.000000381. The molecule has 2 aromatic rings. The van der Waals surface area contributed by atoms with E-state index in [4.69, 9.17) is 9.90 Å². The van der Waals surface area contributed by atoms with Crippen LogP contribution in [0, 0.1) is 20.8 Å². The SMILES string of the molecule is Cc1cc(C)c(CNCc2cn(C)nn2)c(C)c1.O=C(O)C(F)(F)F. The molecule has 2 rings (SSSR count). The van der Waals surface area contributed by atoms with Crippen molar-refractivity contribution in [2.24, 2.45) is 7.05 Å². The molecule has 2 N–H and O–H groups in total. The zero-order valence-electron chi connectivity index (χ0n) is 14.5. The smallest absolute Gasteiger partial charge is 0.475 e. The van der Waals surface area contributed by atoms with E-state index in [1.54, 1.807) is 4.68 Å². The summed E-state index contributed by atoms with van der Waals surface area (Å²) in [5.74, 6) is -2.76. The van der Waals surface area contributed by atoms with Gasteiger partial charge in [-0.25, -0.2) is 4.79 Å². The van der Waals surface area contributed by atoms with Gasteiger partial charge >= 0.3 is 12.1 Å². The van der Waals surface area contributed by atoms with Crippen molar-refractivity contribution in [2.75, 3.05) is 0 Å². The van der Waals surface area contributed by atoms with Gasteiger partial charge in [-0.1, -0.05) is 22.9 Å². The highest BCUT2D eigenvalue weighted by molar-refractivity contribution is 5.73. The van der Waals surface area contributed by atoms with E-state index in [2.05, 4.69) is 48.5 Å². The fourth-order valence-corrected chi connectivity index (χ4v) is 2.28. The summed E-state index contributed by atoms with van der Waals surface area (Å²) in [6.45, 7) is 8.09. The van der Waals surface area contributed by atoms with E-state index in [-0.39, 0.29) is 0 Å². The van der Waals surface area contributed by atoms with E-state index in [9.17, 15) is 13.2 Å². The molecule has 1 aromatic carbocycles. The number of benzene rings is 1. The lowest BCUT2D eigenvalue weighted by atomic mass is 10.00. The third-order valence-corrected chi connectivity index (χ3v) is 3.34. The van der Waals surface area contributed by atoms with Crippen LogP contribution in [0.2, 0.25) is 0 Å². The van der Waals surface area contributed by atoms with Crippen molar-refractivity contribution in [3.63, 3.8) is 0 Å². The molecule has 1 heterocycles. The topological polar surface area (TPSA) is 80.0 Å². The van der Waals surface area contributed by atoms with E-state index in [0.29, 0.717) is 0 Å². The van der Waals surface area contributed by atoms with Crippen molar-refractivity contribution < 1.29 is 23.1 Å². The van der Waals surface area contributed by atoms with Crippen LogP contribution in [0.25, 0.3) is 0 Å². The number of aryl methyl sites for hydroxylation is 4. The molecule has 0 unspecified atom stereocenters. The molecule has 9 heteroatoms. The second kappa shape index (κ2) is 8.61. The summed E-state index contributed by atoms with van der Waals surface area (Å²) in [6, 6.07) is 4.46. The van der Waals surface area contributed by atoms with Crippen molar-refractivity contribution in [2.45, 2.75) is 40.0 Å². The van der Waals surface area contributed by atoms with E-state index in [1.807, 2.05) is 13.2 Å². The largest absolute Gasteiger partial charge is 0.490 e. The number of carbonyl (C=O) groups is 1. The summed E-state index contributed by atoms with van der Waals surface area (Å²) < 4.78 is 33.5. The third-order valence-electron chi connectivity index (χ3n) is 3.34. The standard InChI is InChI=1S/C14H20N4.C2HF3O2/c1-10-5-11(2)14(12(3)6-10)8-15-7-13-9-18(4)17-16-13;3-2(4,5)1(6)7/h5-6,9,15H,7-8H2,1-4H3;(H,6,7). The van der Waals surface area contributed by atoms with Gasteiger partial charge in [-0.05, 0) is 37.5 Å². The quantitative estimate of drug-likeness (QED) is 0.878. The van der Waals surface area contributed by atoms with Gasteiger partial charge in [0.25, 0.3) is 0 Å². The van der Waals surface area contributed by atoms with Crippen LogP contribution in [-0.4, -0.2) is 32.2 Å². The monoisotopic (exact) mass is 358 g/mol. The number of nitrogens with one attached hydrogen (secondary N) is 1. The van der Waals surface area contributed by atoms with Gasteiger partial charge < -0.3 is 10.4 Å². The molecule has 0 bridgehead atoms. The highest BCUT2D eigenvalue weighted by Gasteiger charge is 2.38. The summed E-state index contributed by atoms with van der Waals surface area (Å²) in [5.41, 5.74) is 6.37. The molecule has 0 aliphatic rings. The Labute approximate surface area is 143 Å². The number of hydrogen-bond acceptors (Lipinski definition) is 4. The first kappa shape index (κ1) is 20.6. The van der Waals surface area contributed by atoms with Gasteiger partial charge in [0.05, 0.1) is 5.69 Å². The van der Waals surface area contributed by atoms with Crippen molar-refractivity contribution >= 4 is 5.97 Å². The molecule has 138 valence electrons. The minimum absolute atomic E-state index is 0.751. The zero-order valence-corrected chi connectivity index (χ0v) is 14.5. The average molecular weight is 358 g/mol. The molecular weight excluding hydrogens is 337 g/mol. The Morgan fingerprint density at radius 1 is 1.20 bits per heavy atom. The molecular formula is C16H21F3N4O2. The number of carboxylic acid groups (broad SMARTS) is 1. The number of nitrogens with zero attached hydrogens (tertiary/aromatic N) is 3. The summed E-state index contributed by atoms with van der Waals surface area (Å²) in [7, 11) is 1.88. The maximum atomic E-state index is 10.6. The third kappa shape index (κ3) is 6.92. The molecule has 6 nitrogen and oxygen atoms in total. The molecule has 0 saturated carbocycles. The molecule has 0 atom stereocenters. The first-order chi connectivity index (χ1) is 11.5. The first-order valence-corrected chi connectivity index (χ1v) is 7.43. The van der Waals surface area contributed by atoms with Crippen LogP contribution in [0.15, 0.2) is 18.3 Å². The molecule has 0 fully saturated rings. The number of alkyl halides is 3. The van der Waals surface area contributed by atoms with Gasteiger partial charge in [0.1, 0.15) is 0 Å². The van der Waals surface area contributed by atoms with Crippen molar-refractivity contribution in [3.8, 4) is 0 Å². The van der Waals surface area contributed by atoms with Gasteiger partial charge in [0, 0.05) is 26.3 Å². The molecule has 0 aliphatic heterocycles. The fraction of sp³-hybridized carbons (Fsp3) is 0.438. The molecule has 0 saturated heterocycles. The van der Waals surface area contributed by atoms with Crippen LogP contribution in [0.3, 0.4) is 0 Å². The number of aromatic nitrogens is 3. The maximum absolute atomic E-state index is 10.6. The van der Waals surface area contributed by atoms with Gasteiger partial charge in [0.15, 0.2) is 0 Å². The van der Waals surface area contributed by atoms with E-state index in [0.717, 1.165) is 18.8 Å². The second-order valence-corrected chi connectivity index (χ2v) is 5.67. The average Bonchev–Trinajstić information content (AvgIpc) is 2.87. The predicted octanol–water partition coefficient (Wildman–Crippen LogP) is 2.66. The molecule has 0 aliphatic carbocycles. The molecule has 1 aromatic heterocycles. The zero-order chi connectivity index (χ0) is 19.2. The summed E-state index contributed by atoms with van der Waals surface area (Å²) in [6.07, 6.45) is -3.15. The first-order valence-electron chi connectivity index (χ1n) is 7.43. The van der Waals surface area contributed by atoms with Gasteiger partial charge in [-0.15, -0.1) is 5.10 Å². The number of carboxylic acids is 1. The van der Waals surface area contributed by atoms with Crippen molar-refractivity contribution in [1.82, 2.24) is 20.3 Å². The van der Waals surface area contributed by atoms with E-state index in [1.165, 1.54) is 22.3 Å². The normalized spacial score (nSPS) is 11.0. The van der Waals surface area contributed by atoms with Crippen LogP contribution in [0.4, 0.5) is 13.2 Å². The van der Waals surface area contributed by atoms with Gasteiger partial charge in [-0.2, -0.15) is 13.2 Å². The maximum Gasteiger partial charge on any atom is 0.490 e. The van der Waals surface area contributed by atoms with Crippen LogP contribution in [0.1, 0.15) is 27.9 Å². The second-order valence-electron chi connectivity index (χ2n) is 5.67. The fourth-order valence-electron chi connectivity index (χ4n) is 2.28. The van der Waals surface area contributed by atoms with Crippen LogP contribution >= 0.6 is 0 Å². The molecule has 25 heavy (non-hydrogen) atoms. The Morgan fingerprint density at radius 2 is 1.72 bits per heavy atom. The molecule has 0 spiro atoms. The van der Waals surface area contributed by atoms with Crippen LogP contribution in [0.5, 0.6) is 0 Å². The number of aliphatic carboxylic acids is 1. The van der Waals surface area contributed by atoms with Crippen LogP contribution in [-0.2, 0) is 24.9 Å². The van der Waals surface area contributed by atoms with Gasteiger partial charge in [0.2, 0.25) is 0 Å². The van der Waals surface area contributed by atoms with Gasteiger partial charge in [-0.3, -0.25) is 4.68 Å². The summed E-state index contributed by atoms with van der Waals surface area (Å²) in [4.78, 5) is 8.90. The van der Waals surface area contributed by atoms with E-state index >= 15 is 0 Å². The Bertz CT molecular complexity index is 703. The lowest BCUT2D eigenvalue weighted by Crippen LogP contribution is -2.21. The van der Waals surface area contributed by atoms with Crippen LogP contribution < -0.4 is 5.32 Å². The Morgan fingerprint density at radius 3 is 2.12 bits per heavy atom. The minimum atomic E-state index is -5.08. The highest BCUT2D eigenvalue weighted by atomic mass is 19.4. The lowest BCUT2D eigenvalue weighted by Gasteiger charge is -2.11. The molecule has 0 radical (unpaired) electrons. The lowest BCUT2D eigenvalue weighted by molar-refractivity contribution is -0.192. The summed E-state index contributed by atoms with van der Waals surface area (Å²) >= 11 is 0. The number of rotatable bonds is 4. The van der Waals surface area contributed by atoms with Crippen molar-refractivity contribution in [1.29, 1.82) is 0 Å². The van der Waals surface area contributed by atoms with Crippen molar-refractivity contribution in [3.05, 3.63) is 46.3 Å². The van der Waals surface area contributed by atoms with E-state index < -0.39 is 12.1 Å².